The Hall–Kier alpha value is -0.770. The average molecular weight is 302 g/mol. The molecule has 0 saturated carbocycles. The van der Waals surface area contributed by atoms with E-state index in [4.69, 9.17) is 28.3 Å². The van der Waals surface area contributed by atoms with Crippen molar-refractivity contribution in [1.82, 2.24) is 4.90 Å². The Kier molecular flexibility index (Phi) is 4.71. The van der Waals surface area contributed by atoms with Gasteiger partial charge in [0.05, 0.1) is 16.0 Å². The van der Waals surface area contributed by atoms with Gasteiger partial charge in [-0.1, -0.05) is 36.2 Å². The van der Waals surface area contributed by atoms with Gasteiger partial charge in [0.25, 0.3) is 0 Å². The van der Waals surface area contributed by atoms with Gasteiger partial charge in [0.2, 0.25) is 0 Å². The summed E-state index contributed by atoms with van der Waals surface area (Å²) in [7, 11) is 0. The molecule has 0 radical (unpaired) electrons. The highest BCUT2D eigenvalue weighted by molar-refractivity contribution is 6.42. The Morgan fingerprint density at radius 3 is 2.74 bits per heavy atom. The van der Waals surface area contributed by atoms with Gasteiger partial charge in [-0.3, -0.25) is 9.69 Å². The molecule has 0 aromatic heterocycles. The largest absolute Gasteiger partial charge is 0.481 e. The number of piperidine rings is 1. The molecule has 5 heteroatoms. The quantitative estimate of drug-likeness (QED) is 0.928. The van der Waals surface area contributed by atoms with Crippen LogP contribution in [0.5, 0.6) is 0 Å². The molecule has 3 nitrogen and oxygen atoms in total. The Bertz CT molecular complexity index is 479. The zero-order valence-corrected chi connectivity index (χ0v) is 12.3. The number of carbonyl (C=O) groups is 1. The van der Waals surface area contributed by atoms with Gasteiger partial charge in [-0.2, -0.15) is 0 Å². The molecule has 1 heterocycles. The molecule has 1 saturated heterocycles. The molecular formula is C14H17Cl2NO2. The monoisotopic (exact) mass is 301 g/mol. The van der Waals surface area contributed by atoms with E-state index in [2.05, 4.69) is 11.8 Å². The van der Waals surface area contributed by atoms with E-state index in [1.807, 2.05) is 12.1 Å². The van der Waals surface area contributed by atoms with Crippen LogP contribution in [0, 0.1) is 11.8 Å². The van der Waals surface area contributed by atoms with E-state index in [-0.39, 0.29) is 5.92 Å². The number of nitrogens with zero attached hydrogens (tertiary/aromatic N) is 1. The molecule has 2 atom stereocenters. The third-order valence-corrected chi connectivity index (χ3v) is 4.21. The van der Waals surface area contributed by atoms with Gasteiger partial charge < -0.3 is 5.11 Å². The number of likely N-dealkylation sites (tertiary alicyclic amines) is 1. The van der Waals surface area contributed by atoms with Crippen LogP contribution in [0.1, 0.15) is 18.9 Å². The zero-order valence-electron chi connectivity index (χ0n) is 10.8. The first-order valence-corrected chi connectivity index (χ1v) is 7.10. The lowest BCUT2D eigenvalue weighted by Gasteiger charge is -2.34. The Balaban J connectivity index is 2.05. The fraction of sp³-hybridized carbons (Fsp3) is 0.500. The summed E-state index contributed by atoms with van der Waals surface area (Å²) in [5.74, 6) is -0.574. The molecule has 2 unspecified atom stereocenters. The number of hydrogen-bond donors (Lipinski definition) is 1. The van der Waals surface area contributed by atoms with E-state index < -0.39 is 5.97 Å². The molecule has 1 aliphatic heterocycles. The molecule has 1 aliphatic rings. The summed E-state index contributed by atoms with van der Waals surface area (Å²) in [6.07, 6.45) is 0.757. The summed E-state index contributed by atoms with van der Waals surface area (Å²) in [5, 5.41) is 10.2. The van der Waals surface area contributed by atoms with Crippen LogP contribution < -0.4 is 0 Å². The van der Waals surface area contributed by atoms with Gasteiger partial charge in [0.1, 0.15) is 0 Å². The highest BCUT2D eigenvalue weighted by Gasteiger charge is 2.29. The van der Waals surface area contributed by atoms with E-state index >= 15 is 0 Å². The van der Waals surface area contributed by atoms with Crippen molar-refractivity contribution in [3.8, 4) is 0 Å². The maximum atomic E-state index is 11.1. The molecule has 19 heavy (non-hydrogen) atoms. The fourth-order valence-corrected chi connectivity index (χ4v) is 2.99. The fourth-order valence-electron chi connectivity index (χ4n) is 2.67. The summed E-state index contributed by atoms with van der Waals surface area (Å²) < 4.78 is 0. The lowest BCUT2D eigenvalue weighted by molar-refractivity contribution is -0.144. The van der Waals surface area contributed by atoms with Gasteiger partial charge in [0.15, 0.2) is 0 Å². The SMILES string of the molecule is CC1CC(C(=O)O)CN(Cc2ccc(Cl)c(Cl)c2)C1. The Morgan fingerprint density at radius 2 is 2.11 bits per heavy atom. The van der Waals surface area contributed by atoms with E-state index in [0.717, 1.165) is 18.5 Å². The Morgan fingerprint density at radius 1 is 1.37 bits per heavy atom. The number of aliphatic carboxylic acids is 1. The lowest BCUT2D eigenvalue weighted by atomic mass is 9.90. The van der Waals surface area contributed by atoms with Crippen molar-refractivity contribution in [2.24, 2.45) is 11.8 Å². The number of carboxylic acids is 1. The second kappa shape index (κ2) is 6.12. The number of carboxylic acid groups (broad SMARTS) is 1. The standard InChI is InChI=1S/C14H17Cl2NO2/c1-9-4-11(14(18)19)8-17(6-9)7-10-2-3-12(15)13(16)5-10/h2-3,5,9,11H,4,6-8H2,1H3,(H,18,19). The van der Waals surface area contributed by atoms with Crippen LogP contribution in [0.3, 0.4) is 0 Å². The van der Waals surface area contributed by atoms with Crippen LogP contribution in [-0.2, 0) is 11.3 Å². The van der Waals surface area contributed by atoms with Gasteiger partial charge >= 0.3 is 5.97 Å². The van der Waals surface area contributed by atoms with E-state index in [1.165, 1.54) is 0 Å². The molecule has 1 fully saturated rings. The van der Waals surface area contributed by atoms with Crippen LogP contribution in [0.4, 0.5) is 0 Å². The van der Waals surface area contributed by atoms with Crippen LogP contribution in [0.2, 0.25) is 10.0 Å². The van der Waals surface area contributed by atoms with E-state index in [9.17, 15) is 4.79 Å². The second-order valence-corrected chi connectivity index (χ2v) is 6.13. The van der Waals surface area contributed by atoms with Crippen molar-refractivity contribution in [1.29, 1.82) is 0 Å². The molecule has 0 spiro atoms. The predicted molar refractivity (Wildman–Crippen MR) is 76.6 cm³/mol. The zero-order chi connectivity index (χ0) is 14.0. The first-order chi connectivity index (χ1) is 8.95. The molecule has 0 aliphatic carbocycles. The molecule has 0 bridgehead atoms. The molecule has 1 N–H and O–H groups in total. The number of rotatable bonds is 3. The normalized spacial score (nSPS) is 24.4. The minimum Gasteiger partial charge on any atom is -0.481 e. The van der Waals surface area contributed by atoms with Crippen LogP contribution >= 0.6 is 23.2 Å². The van der Waals surface area contributed by atoms with Crippen molar-refractivity contribution < 1.29 is 9.90 Å². The summed E-state index contributed by atoms with van der Waals surface area (Å²) in [5.41, 5.74) is 1.06. The molecule has 104 valence electrons. The molecule has 1 aromatic carbocycles. The molecular weight excluding hydrogens is 285 g/mol. The summed E-state index contributed by atoms with van der Waals surface area (Å²) in [6.45, 7) is 4.33. The summed E-state index contributed by atoms with van der Waals surface area (Å²) >= 11 is 11.9. The second-order valence-electron chi connectivity index (χ2n) is 5.32. The Labute approximate surface area is 123 Å². The lowest BCUT2D eigenvalue weighted by Crippen LogP contribution is -2.41. The van der Waals surface area contributed by atoms with Crippen molar-refractivity contribution in [2.75, 3.05) is 13.1 Å². The van der Waals surface area contributed by atoms with Crippen molar-refractivity contribution in [2.45, 2.75) is 19.9 Å². The van der Waals surface area contributed by atoms with Crippen molar-refractivity contribution >= 4 is 29.2 Å². The first kappa shape index (κ1) is 14.6. The van der Waals surface area contributed by atoms with E-state index in [1.54, 1.807) is 6.07 Å². The van der Waals surface area contributed by atoms with Gasteiger partial charge in [0, 0.05) is 19.6 Å². The summed E-state index contributed by atoms with van der Waals surface area (Å²) in [6, 6.07) is 5.56. The molecule has 1 aromatic rings. The third kappa shape index (κ3) is 3.85. The minimum absolute atomic E-state index is 0.272. The van der Waals surface area contributed by atoms with Crippen molar-refractivity contribution in [3.05, 3.63) is 33.8 Å². The maximum absolute atomic E-state index is 11.1. The van der Waals surface area contributed by atoms with Gasteiger partial charge in [-0.15, -0.1) is 0 Å². The maximum Gasteiger partial charge on any atom is 0.307 e. The number of benzene rings is 1. The van der Waals surface area contributed by atoms with Gasteiger partial charge in [-0.05, 0) is 30.0 Å². The topological polar surface area (TPSA) is 40.5 Å². The van der Waals surface area contributed by atoms with Crippen LogP contribution in [0.25, 0.3) is 0 Å². The van der Waals surface area contributed by atoms with Crippen molar-refractivity contribution in [3.63, 3.8) is 0 Å². The highest BCUT2D eigenvalue weighted by Crippen LogP contribution is 2.26. The van der Waals surface area contributed by atoms with Crippen LogP contribution in [-0.4, -0.2) is 29.1 Å². The van der Waals surface area contributed by atoms with Crippen LogP contribution in [0.15, 0.2) is 18.2 Å². The molecule has 0 amide bonds. The highest BCUT2D eigenvalue weighted by atomic mass is 35.5. The number of halogens is 2. The predicted octanol–water partition coefficient (Wildman–Crippen LogP) is 3.54. The number of hydrogen-bond acceptors (Lipinski definition) is 2. The van der Waals surface area contributed by atoms with E-state index in [0.29, 0.717) is 29.1 Å². The smallest absolute Gasteiger partial charge is 0.307 e. The first-order valence-electron chi connectivity index (χ1n) is 6.34. The average Bonchev–Trinajstić information content (AvgIpc) is 2.33. The third-order valence-electron chi connectivity index (χ3n) is 3.47. The van der Waals surface area contributed by atoms with Gasteiger partial charge in [-0.25, -0.2) is 0 Å². The minimum atomic E-state index is -0.703. The molecule has 2 rings (SSSR count). The summed E-state index contributed by atoms with van der Waals surface area (Å²) in [4.78, 5) is 13.3.